The summed E-state index contributed by atoms with van der Waals surface area (Å²) in [5.41, 5.74) is 2.97. The quantitative estimate of drug-likeness (QED) is 0.569. The monoisotopic (exact) mass is 411 g/mol. The van der Waals surface area contributed by atoms with Gasteiger partial charge in [0.1, 0.15) is 22.8 Å². The number of aromatic nitrogens is 3. The topological polar surface area (TPSA) is 62.2 Å². The molecular formula is C21H19ClFN5O. The fourth-order valence-electron chi connectivity index (χ4n) is 4.61. The molecule has 148 valence electrons. The molecule has 0 radical (unpaired) electrons. The predicted octanol–water partition coefficient (Wildman–Crippen LogP) is 3.85. The maximum atomic E-state index is 14.2. The van der Waals surface area contributed by atoms with Gasteiger partial charge in [0.05, 0.1) is 5.52 Å². The minimum Gasteiger partial charge on any atom is -0.343 e. The van der Waals surface area contributed by atoms with Crippen molar-refractivity contribution in [2.45, 2.75) is 25.2 Å². The Morgan fingerprint density at radius 2 is 1.97 bits per heavy atom. The Morgan fingerprint density at radius 1 is 1.17 bits per heavy atom. The van der Waals surface area contributed by atoms with Crippen molar-refractivity contribution >= 4 is 40.0 Å². The van der Waals surface area contributed by atoms with E-state index in [-0.39, 0.29) is 17.1 Å². The number of anilines is 2. The van der Waals surface area contributed by atoms with E-state index >= 15 is 0 Å². The lowest BCUT2D eigenvalue weighted by atomic mass is 9.74. The van der Waals surface area contributed by atoms with Gasteiger partial charge in [-0.1, -0.05) is 11.6 Å². The summed E-state index contributed by atoms with van der Waals surface area (Å²) < 4.78 is 14.2. The molecule has 1 fully saturated rings. The highest BCUT2D eigenvalue weighted by Gasteiger charge is 2.46. The number of benzene rings is 1. The summed E-state index contributed by atoms with van der Waals surface area (Å²) in [5, 5.41) is 0.372. The van der Waals surface area contributed by atoms with Crippen LogP contribution in [0, 0.1) is 5.82 Å². The van der Waals surface area contributed by atoms with Crippen LogP contribution < -0.4 is 4.90 Å². The smallest absolute Gasteiger partial charge is 0.219 e. The number of nitrogens with zero attached hydrogens (tertiary/aromatic N) is 5. The summed E-state index contributed by atoms with van der Waals surface area (Å²) in [4.78, 5) is 29.0. The fraction of sp³-hybridized carbons (Fsp3) is 0.333. The van der Waals surface area contributed by atoms with E-state index in [0.29, 0.717) is 41.6 Å². The predicted molar refractivity (Wildman–Crippen MR) is 109 cm³/mol. The minimum absolute atomic E-state index is 0.0785. The van der Waals surface area contributed by atoms with Crippen LogP contribution in [0.2, 0.25) is 5.15 Å². The Hall–Kier alpha value is -2.80. The van der Waals surface area contributed by atoms with Gasteiger partial charge >= 0.3 is 0 Å². The van der Waals surface area contributed by atoms with Gasteiger partial charge in [-0.2, -0.15) is 0 Å². The first-order valence-corrected chi connectivity index (χ1v) is 9.95. The van der Waals surface area contributed by atoms with Crippen LogP contribution in [0.25, 0.3) is 11.0 Å². The van der Waals surface area contributed by atoms with Gasteiger partial charge in [-0.25, -0.2) is 19.3 Å². The molecule has 1 aromatic carbocycles. The van der Waals surface area contributed by atoms with Crippen LogP contribution in [-0.4, -0.2) is 45.4 Å². The summed E-state index contributed by atoms with van der Waals surface area (Å²) >= 11 is 6.13. The standard InChI is InChI=1S/C21H19ClFN5O/c1-13(29)27-8-6-21(7-9-27)11-28(17-4-2-14(23)10-15(17)21)20-19-16(24-12-25-20)3-5-18(22)26-19/h2-5,10,12H,6-9,11H2,1H3. The second kappa shape index (κ2) is 6.62. The number of rotatable bonds is 1. The highest BCUT2D eigenvalue weighted by atomic mass is 35.5. The first-order valence-electron chi connectivity index (χ1n) is 9.57. The number of likely N-dealkylation sites (tertiary alicyclic amines) is 1. The van der Waals surface area contributed by atoms with E-state index in [0.717, 1.165) is 24.1 Å². The number of fused-ring (bicyclic) bond motifs is 3. The van der Waals surface area contributed by atoms with E-state index < -0.39 is 0 Å². The average molecular weight is 412 g/mol. The molecule has 2 aromatic heterocycles. The second-order valence-corrected chi connectivity index (χ2v) is 8.12. The maximum absolute atomic E-state index is 14.2. The molecule has 0 aliphatic carbocycles. The van der Waals surface area contributed by atoms with Crippen molar-refractivity contribution in [1.29, 1.82) is 0 Å². The van der Waals surface area contributed by atoms with Crippen LogP contribution in [0.5, 0.6) is 0 Å². The third-order valence-corrected chi connectivity index (χ3v) is 6.34. The zero-order valence-electron chi connectivity index (χ0n) is 15.9. The molecule has 0 bridgehead atoms. The van der Waals surface area contributed by atoms with Gasteiger partial charge in [0.15, 0.2) is 5.82 Å². The number of pyridine rings is 1. The molecular weight excluding hydrogens is 393 g/mol. The van der Waals surface area contributed by atoms with Gasteiger partial charge in [0.25, 0.3) is 0 Å². The minimum atomic E-state index is -0.257. The molecule has 1 saturated heterocycles. The number of halogens is 2. The lowest BCUT2D eigenvalue weighted by molar-refractivity contribution is -0.130. The molecule has 3 aromatic rings. The molecule has 0 saturated carbocycles. The molecule has 2 aliphatic heterocycles. The first-order chi connectivity index (χ1) is 14.0. The van der Waals surface area contributed by atoms with E-state index in [1.54, 1.807) is 25.1 Å². The van der Waals surface area contributed by atoms with E-state index in [2.05, 4.69) is 19.9 Å². The third kappa shape index (κ3) is 2.92. The summed E-state index contributed by atoms with van der Waals surface area (Å²) in [6.07, 6.45) is 3.06. The first kappa shape index (κ1) is 18.2. The second-order valence-electron chi connectivity index (χ2n) is 7.73. The summed E-state index contributed by atoms with van der Waals surface area (Å²) in [6, 6.07) is 8.42. The fourth-order valence-corrected chi connectivity index (χ4v) is 4.76. The zero-order chi connectivity index (χ0) is 20.2. The molecule has 2 aliphatic rings. The van der Waals surface area contributed by atoms with Crippen molar-refractivity contribution in [3.05, 3.63) is 53.2 Å². The number of hydrogen-bond donors (Lipinski definition) is 0. The summed E-state index contributed by atoms with van der Waals surface area (Å²) in [6.45, 7) is 3.56. The molecule has 4 heterocycles. The third-order valence-electron chi connectivity index (χ3n) is 6.13. The number of hydrogen-bond acceptors (Lipinski definition) is 5. The molecule has 1 amide bonds. The van der Waals surface area contributed by atoms with Crippen molar-refractivity contribution in [2.75, 3.05) is 24.5 Å². The number of carbonyl (C=O) groups excluding carboxylic acids is 1. The Morgan fingerprint density at radius 3 is 2.72 bits per heavy atom. The van der Waals surface area contributed by atoms with Crippen molar-refractivity contribution in [3.8, 4) is 0 Å². The van der Waals surface area contributed by atoms with E-state index in [1.165, 1.54) is 12.4 Å². The van der Waals surface area contributed by atoms with Gasteiger partial charge < -0.3 is 9.80 Å². The van der Waals surface area contributed by atoms with Gasteiger partial charge in [0.2, 0.25) is 5.91 Å². The van der Waals surface area contributed by atoms with Gasteiger partial charge in [-0.15, -0.1) is 0 Å². The van der Waals surface area contributed by atoms with E-state index in [4.69, 9.17) is 11.6 Å². The SMILES string of the molecule is CC(=O)N1CCC2(CC1)CN(c1ncnc3ccc(Cl)nc13)c1ccc(F)cc12. The Balaban J connectivity index is 1.62. The van der Waals surface area contributed by atoms with Crippen LogP contribution in [-0.2, 0) is 10.2 Å². The Labute approximate surface area is 172 Å². The average Bonchev–Trinajstić information content (AvgIpc) is 3.01. The molecule has 1 spiro atoms. The van der Waals surface area contributed by atoms with Crippen LogP contribution in [0.1, 0.15) is 25.3 Å². The maximum Gasteiger partial charge on any atom is 0.219 e. The highest BCUT2D eigenvalue weighted by Crippen LogP contribution is 2.50. The Bertz CT molecular complexity index is 1130. The van der Waals surface area contributed by atoms with Crippen molar-refractivity contribution < 1.29 is 9.18 Å². The van der Waals surface area contributed by atoms with Crippen LogP contribution in [0.15, 0.2) is 36.7 Å². The normalized spacial score (nSPS) is 17.8. The van der Waals surface area contributed by atoms with Crippen molar-refractivity contribution in [2.24, 2.45) is 0 Å². The van der Waals surface area contributed by atoms with Crippen molar-refractivity contribution in [3.63, 3.8) is 0 Å². The highest BCUT2D eigenvalue weighted by molar-refractivity contribution is 6.29. The molecule has 8 heteroatoms. The molecule has 6 nitrogen and oxygen atoms in total. The molecule has 0 N–H and O–H groups in total. The summed E-state index contributed by atoms with van der Waals surface area (Å²) in [5.74, 6) is 0.485. The van der Waals surface area contributed by atoms with Gasteiger partial charge in [0, 0.05) is 37.7 Å². The number of amides is 1. The van der Waals surface area contributed by atoms with Crippen LogP contribution >= 0.6 is 11.6 Å². The molecule has 0 atom stereocenters. The molecule has 29 heavy (non-hydrogen) atoms. The molecule has 5 rings (SSSR count). The summed E-state index contributed by atoms with van der Waals surface area (Å²) in [7, 11) is 0. The largest absolute Gasteiger partial charge is 0.343 e. The van der Waals surface area contributed by atoms with E-state index in [9.17, 15) is 9.18 Å². The lowest BCUT2D eigenvalue weighted by Crippen LogP contribution is -2.46. The van der Waals surface area contributed by atoms with Gasteiger partial charge in [-0.3, -0.25) is 4.79 Å². The zero-order valence-corrected chi connectivity index (χ0v) is 16.7. The van der Waals surface area contributed by atoms with Crippen LogP contribution in [0.4, 0.5) is 15.9 Å². The lowest BCUT2D eigenvalue weighted by Gasteiger charge is -2.39. The van der Waals surface area contributed by atoms with Gasteiger partial charge in [-0.05, 0) is 48.7 Å². The Kier molecular flexibility index (Phi) is 4.17. The number of piperidine rings is 1. The number of carbonyl (C=O) groups is 1. The van der Waals surface area contributed by atoms with Crippen LogP contribution in [0.3, 0.4) is 0 Å². The van der Waals surface area contributed by atoms with Crippen molar-refractivity contribution in [1.82, 2.24) is 19.9 Å². The van der Waals surface area contributed by atoms with E-state index in [1.807, 2.05) is 11.0 Å². The molecule has 0 unspecified atom stereocenters.